The van der Waals surface area contributed by atoms with Crippen molar-refractivity contribution in [3.05, 3.63) is 50.7 Å². The second kappa shape index (κ2) is 5.93. The molecule has 7 nitrogen and oxygen atoms in total. The summed E-state index contributed by atoms with van der Waals surface area (Å²) in [5.74, 6) is 0.492. The molecule has 0 aliphatic heterocycles. The van der Waals surface area contributed by atoms with Gasteiger partial charge in [-0.3, -0.25) is 14.3 Å². The minimum absolute atomic E-state index is 0.278. The lowest BCUT2D eigenvalue weighted by Crippen LogP contribution is -2.30. The van der Waals surface area contributed by atoms with E-state index in [0.717, 1.165) is 18.4 Å². The average Bonchev–Trinajstić information content (AvgIpc) is 3.00. The Kier molecular flexibility index (Phi) is 3.81. The van der Waals surface area contributed by atoms with Crippen LogP contribution in [0.15, 0.2) is 33.9 Å². The smallest absolute Gasteiger partial charge is 0.330 e. The van der Waals surface area contributed by atoms with Crippen LogP contribution in [0, 0.1) is 11.3 Å². The number of nitriles is 1. The minimum Gasteiger partial charge on any atom is -0.332 e. The fraction of sp³-hybridized carbons (Fsp3) is 0.250. The van der Waals surface area contributed by atoms with E-state index in [0.29, 0.717) is 23.6 Å². The molecular weight excluding hydrogens is 294 g/mol. The molecule has 23 heavy (non-hydrogen) atoms. The van der Waals surface area contributed by atoms with Crippen LogP contribution in [0.1, 0.15) is 25.3 Å². The van der Waals surface area contributed by atoms with Crippen LogP contribution in [0.4, 0.5) is 0 Å². The molecule has 0 unspecified atom stereocenters. The summed E-state index contributed by atoms with van der Waals surface area (Å²) < 4.78 is 1.48. The van der Waals surface area contributed by atoms with E-state index in [-0.39, 0.29) is 5.52 Å². The van der Waals surface area contributed by atoms with Gasteiger partial charge in [0.25, 0.3) is 5.56 Å². The first-order valence-electron chi connectivity index (χ1n) is 7.37. The highest BCUT2D eigenvalue weighted by atomic mass is 16.2. The Morgan fingerprint density at radius 1 is 1.22 bits per heavy atom. The van der Waals surface area contributed by atoms with Gasteiger partial charge in [0.1, 0.15) is 11.3 Å². The average molecular weight is 309 g/mol. The van der Waals surface area contributed by atoms with Crippen LogP contribution in [0.2, 0.25) is 0 Å². The Morgan fingerprint density at radius 2 is 1.96 bits per heavy atom. The lowest BCUT2D eigenvalue weighted by Gasteiger charge is -2.03. The Bertz CT molecular complexity index is 1000. The van der Waals surface area contributed by atoms with E-state index < -0.39 is 11.2 Å². The van der Waals surface area contributed by atoms with Crippen molar-refractivity contribution in [1.82, 2.24) is 19.5 Å². The third-order valence-corrected chi connectivity index (χ3v) is 3.66. The number of nitrogens with zero attached hydrogens (tertiary/aromatic N) is 3. The normalized spacial score (nSPS) is 10.8. The van der Waals surface area contributed by atoms with E-state index in [9.17, 15) is 9.59 Å². The molecule has 2 heterocycles. The number of unbranched alkanes of at least 4 members (excludes halogenated alkanes) is 1. The number of hydrogen-bond acceptors (Lipinski definition) is 4. The van der Waals surface area contributed by atoms with Gasteiger partial charge in [0.15, 0.2) is 5.65 Å². The first-order valence-corrected chi connectivity index (χ1v) is 7.37. The van der Waals surface area contributed by atoms with Crippen LogP contribution in [0.25, 0.3) is 22.6 Å². The van der Waals surface area contributed by atoms with Crippen molar-refractivity contribution in [3.63, 3.8) is 0 Å². The van der Waals surface area contributed by atoms with Crippen LogP contribution in [-0.2, 0) is 6.54 Å². The molecule has 2 N–H and O–H groups in total. The second-order valence-corrected chi connectivity index (χ2v) is 5.24. The van der Waals surface area contributed by atoms with Crippen LogP contribution < -0.4 is 11.2 Å². The Hall–Kier alpha value is -3.14. The first-order chi connectivity index (χ1) is 11.1. The summed E-state index contributed by atoms with van der Waals surface area (Å²) in [5, 5.41) is 8.84. The summed E-state index contributed by atoms with van der Waals surface area (Å²) in [6.45, 7) is 2.53. The highest BCUT2D eigenvalue weighted by molar-refractivity contribution is 5.75. The monoisotopic (exact) mass is 309 g/mol. The summed E-state index contributed by atoms with van der Waals surface area (Å²) in [6.07, 6.45) is 1.75. The topological polar surface area (TPSA) is 107 Å². The molecule has 3 aromatic rings. The van der Waals surface area contributed by atoms with Gasteiger partial charge in [0, 0.05) is 12.1 Å². The highest BCUT2D eigenvalue weighted by Gasteiger charge is 2.13. The zero-order chi connectivity index (χ0) is 16.4. The van der Waals surface area contributed by atoms with Crippen LogP contribution in [0.5, 0.6) is 0 Å². The SMILES string of the molecule is CCCCn1c(=O)[nH]c(=O)c2[nH]c(-c3ccc(C#N)cc3)nc21. The van der Waals surface area contributed by atoms with Crippen molar-refractivity contribution in [2.75, 3.05) is 0 Å². The molecule has 0 fully saturated rings. The van der Waals surface area contributed by atoms with Gasteiger partial charge in [-0.2, -0.15) is 5.26 Å². The lowest BCUT2D eigenvalue weighted by molar-refractivity contribution is 0.613. The number of hydrogen-bond donors (Lipinski definition) is 2. The molecule has 0 atom stereocenters. The standard InChI is InChI=1S/C16H15N5O2/c1-2-3-8-21-14-12(15(22)20-16(21)23)18-13(19-14)11-6-4-10(9-17)5-7-11/h4-7H,2-3,8H2,1H3,(H,18,19)(H,20,22,23). The molecule has 2 aromatic heterocycles. The third kappa shape index (κ3) is 2.66. The van der Waals surface area contributed by atoms with E-state index in [1.165, 1.54) is 4.57 Å². The maximum atomic E-state index is 12.0. The van der Waals surface area contributed by atoms with Gasteiger partial charge in [-0.1, -0.05) is 13.3 Å². The molecule has 0 saturated heterocycles. The summed E-state index contributed by atoms with van der Waals surface area (Å²) >= 11 is 0. The number of fused-ring (bicyclic) bond motifs is 1. The summed E-state index contributed by atoms with van der Waals surface area (Å²) in [6, 6.07) is 8.90. The van der Waals surface area contributed by atoms with Crippen molar-refractivity contribution < 1.29 is 0 Å². The number of nitrogens with one attached hydrogen (secondary N) is 2. The molecule has 0 saturated carbocycles. The molecule has 0 aliphatic rings. The van der Waals surface area contributed by atoms with Crippen molar-refractivity contribution in [3.8, 4) is 17.5 Å². The Labute approximate surface area is 131 Å². The molecule has 7 heteroatoms. The van der Waals surface area contributed by atoms with Crippen LogP contribution in [-0.4, -0.2) is 19.5 Å². The number of benzene rings is 1. The molecule has 3 rings (SSSR count). The predicted octanol–water partition coefficient (Wildman–Crippen LogP) is 1.75. The fourth-order valence-corrected chi connectivity index (χ4v) is 2.40. The summed E-state index contributed by atoms with van der Waals surface area (Å²) in [5.41, 5.74) is 0.988. The number of aromatic amines is 2. The van der Waals surface area contributed by atoms with E-state index in [1.54, 1.807) is 24.3 Å². The number of imidazole rings is 1. The summed E-state index contributed by atoms with van der Waals surface area (Å²) in [4.78, 5) is 33.7. The molecular formula is C16H15N5O2. The van der Waals surface area contributed by atoms with Crippen molar-refractivity contribution >= 4 is 11.2 Å². The van der Waals surface area contributed by atoms with Crippen LogP contribution in [0.3, 0.4) is 0 Å². The second-order valence-electron chi connectivity index (χ2n) is 5.24. The zero-order valence-electron chi connectivity index (χ0n) is 12.6. The number of H-pyrrole nitrogens is 2. The largest absolute Gasteiger partial charge is 0.332 e. The number of aromatic nitrogens is 4. The van der Waals surface area contributed by atoms with Crippen molar-refractivity contribution in [1.29, 1.82) is 5.26 Å². The molecule has 0 spiro atoms. The van der Waals surface area contributed by atoms with Gasteiger partial charge < -0.3 is 4.98 Å². The number of rotatable bonds is 4. The minimum atomic E-state index is -0.481. The molecule has 116 valence electrons. The third-order valence-electron chi connectivity index (χ3n) is 3.66. The lowest BCUT2D eigenvalue weighted by atomic mass is 10.1. The molecule has 0 amide bonds. The van der Waals surface area contributed by atoms with Gasteiger partial charge in [-0.15, -0.1) is 0 Å². The van der Waals surface area contributed by atoms with E-state index >= 15 is 0 Å². The van der Waals surface area contributed by atoms with Crippen molar-refractivity contribution in [2.24, 2.45) is 0 Å². The fourth-order valence-electron chi connectivity index (χ4n) is 2.40. The van der Waals surface area contributed by atoms with E-state index in [1.807, 2.05) is 6.92 Å². The summed E-state index contributed by atoms with van der Waals surface area (Å²) in [7, 11) is 0. The van der Waals surface area contributed by atoms with Gasteiger partial charge in [0.05, 0.1) is 11.6 Å². The predicted molar refractivity (Wildman–Crippen MR) is 86.0 cm³/mol. The Balaban J connectivity index is 2.17. The molecule has 0 aliphatic carbocycles. The zero-order valence-corrected chi connectivity index (χ0v) is 12.6. The van der Waals surface area contributed by atoms with Gasteiger partial charge in [-0.25, -0.2) is 9.78 Å². The van der Waals surface area contributed by atoms with Gasteiger partial charge in [-0.05, 0) is 30.7 Å². The van der Waals surface area contributed by atoms with Crippen LogP contribution >= 0.6 is 0 Å². The molecule has 0 radical (unpaired) electrons. The highest BCUT2D eigenvalue weighted by Crippen LogP contribution is 2.18. The van der Waals surface area contributed by atoms with E-state index in [2.05, 4.69) is 21.0 Å². The van der Waals surface area contributed by atoms with Crippen molar-refractivity contribution in [2.45, 2.75) is 26.3 Å². The van der Waals surface area contributed by atoms with Gasteiger partial charge in [0.2, 0.25) is 0 Å². The maximum Gasteiger partial charge on any atom is 0.330 e. The maximum absolute atomic E-state index is 12.0. The first kappa shape index (κ1) is 14.8. The van der Waals surface area contributed by atoms with Gasteiger partial charge >= 0.3 is 5.69 Å². The molecule has 0 bridgehead atoms. The number of aryl methyl sites for hydroxylation is 1. The molecule has 1 aromatic carbocycles. The van der Waals surface area contributed by atoms with E-state index in [4.69, 9.17) is 5.26 Å². The Morgan fingerprint density at radius 3 is 2.61 bits per heavy atom. The quantitative estimate of drug-likeness (QED) is 0.765.